The van der Waals surface area contributed by atoms with E-state index < -0.39 is 5.41 Å². The molecule has 0 unspecified atom stereocenters. The highest BCUT2D eigenvalue weighted by Crippen LogP contribution is 2.26. The van der Waals surface area contributed by atoms with Crippen molar-refractivity contribution in [2.24, 2.45) is 11.3 Å². The van der Waals surface area contributed by atoms with Gasteiger partial charge in [-0.15, -0.1) is 0 Å². The van der Waals surface area contributed by atoms with Gasteiger partial charge in [-0.25, -0.2) is 0 Å². The SMILES string of the molecule is CCN(CC)C(=O)C(C)(C)C(=O)Nc1ccc(N2CCC(C)CC2)cc1. The molecule has 0 saturated carbocycles. The maximum atomic E-state index is 12.7. The molecule has 0 aliphatic carbocycles. The molecule has 0 bridgehead atoms. The molecule has 5 nitrogen and oxygen atoms in total. The van der Waals surface area contributed by atoms with E-state index in [2.05, 4.69) is 17.1 Å². The van der Waals surface area contributed by atoms with Crippen LogP contribution in [0.15, 0.2) is 24.3 Å². The number of nitrogens with one attached hydrogen (secondary N) is 1. The van der Waals surface area contributed by atoms with Crippen molar-refractivity contribution in [3.05, 3.63) is 24.3 Å². The first-order valence-electron chi connectivity index (χ1n) is 9.75. The molecule has 1 aliphatic rings. The third-order valence-electron chi connectivity index (χ3n) is 5.43. The van der Waals surface area contributed by atoms with Gasteiger partial charge in [0.2, 0.25) is 11.8 Å². The lowest BCUT2D eigenvalue weighted by atomic mass is 9.90. The first-order chi connectivity index (χ1) is 12.3. The summed E-state index contributed by atoms with van der Waals surface area (Å²) in [5.74, 6) is 0.392. The van der Waals surface area contributed by atoms with Gasteiger partial charge in [-0.1, -0.05) is 6.92 Å². The average molecular weight is 360 g/mol. The van der Waals surface area contributed by atoms with Crippen LogP contribution < -0.4 is 10.2 Å². The van der Waals surface area contributed by atoms with Gasteiger partial charge in [0.15, 0.2) is 0 Å². The standard InChI is InChI=1S/C21H33N3O2/c1-6-23(7-2)20(26)21(4,5)19(25)22-17-8-10-18(11-9-17)24-14-12-16(3)13-15-24/h8-11,16H,6-7,12-15H2,1-5H3,(H,22,25). The van der Waals surface area contributed by atoms with Gasteiger partial charge in [-0.05, 0) is 70.7 Å². The lowest BCUT2D eigenvalue weighted by molar-refractivity contribution is -0.146. The number of benzene rings is 1. The topological polar surface area (TPSA) is 52.7 Å². The number of carbonyl (C=O) groups is 2. The predicted octanol–water partition coefficient (Wildman–Crippen LogP) is 3.76. The molecule has 26 heavy (non-hydrogen) atoms. The van der Waals surface area contributed by atoms with Crippen LogP contribution in [0.25, 0.3) is 0 Å². The molecular formula is C21H33N3O2. The normalized spacial score (nSPS) is 15.7. The molecule has 144 valence electrons. The molecule has 1 heterocycles. The molecule has 1 N–H and O–H groups in total. The number of rotatable bonds is 6. The Morgan fingerprint density at radius 2 is 1.65 bits per heavy atom. The number of hydrogen-bond donors (Lipinski definition) is 1. The first-order valence-corrected chi connectivity index (χ1v) is 9.75. The molecule has 1 fully saturated rings. The van der Waals surface area contributed by atoms with Crippen molar-refractivity contribution in [1.29, 1.82) is 0 Å². The van der Waals surface area contributed by atoms with Crippen molar-refractivity contribution in [2.75, 3.05) is 36.4 Å². The molecule has 1 aromatic rings. The zero-order valence-electron chi connectivity index (χ0n) is 16.8. The molecule has 2 amide bonds. The monoisotopic (exact) mass is 359 g/mol. The molecule has 5 heteroatoms. The fourth-order valence-electron chi connectivity index (χ4n) is 3.31. The Morgan fingerprint density at radius 1 is 1.12 bits per heavy atom. The minimum Gasteiger partial charge on any atom is -0.372 e. The Balaban J connectivity index is 2.01. The summed E-state index contributed by atoms with van der Waals surface area (Å²) in [6.45, 7) is 12.9. The van der Waals surface area contributed by atoms with Crippen molar-refractivity contribution in [3.63, 3.8) is 0 Å². The van der Waals surface area contributed by atoms with Crippen molar-refractivity contribution in [1.82, 2.24) is 4.90 Å². The molecule has 1 aromatic carbocycles. The second kappa shape index (κ2) is 8.56. The van der Waals surface area contributed by atoms with Crippen LogP contribution in [0.1, 0.15) is 47.5 Å². The number of amides is 2. The van der Waals surface area contributed by atoms with Crippen molar-refractivity contribution in [3.8, 4) is 0 Å². The maximum absolute atomic E-state index is 12.7. The van der Waals surface area contributed by atoms with E-state index in [1.165, 1.54) is 18.5 Å². The van der Waals surface area contributed by atoms with Crippen LogP contribution in [0.4, 0.5) is 11.4 Å². The summed E-state index contributed by atoms with van der Waals surface area (Å²) >= 11 is 0. The van der Waals surface area contributed by atoms with E-state index in [0.29, 0.717) is 13.1 Å². The molecular weight excluding hydrogens is 326 g/mol. The summed E-state index contributed by atoms with van der Waals surface area (Å²) in [5, 5.41) is 2.90. The van der Waals surface area contributed by atoms with E-state index in [9.17, 15) is 9.59 Å². The maximum Gasteiger partial charge on any atom is 0.239 e. The zero-order chi connectivity index (χ0) is 19.3. The second-order valence-electron chi connectivity index (χ2n) is 7.77. The summed E-state index contributed by atoms with van der Waals surface area (Å²) in [6, 6.07) is 7.93. The van der Waals surface area contributed by atoms with Gasteiger partial charge in [0.1, 0.15) is 5.41 Å². The number of carbonyl (C=O) groups excluding carboxylic acids is 2. The fraction of sp³-hybridized carbons (Fsp3) is 0.619. The molecule has 1 saturated heterocycles. The highest BCUT2D eigenvalue weighted by Gasteiger charge is 2.38. The van der Waals surface area contributed by atoms with E-state index in [-0.39, 0.29) is 11.8 Å². The lowest BCUT2D eigenvalue weighted by Gasteiger charge is -2.32. The Morgan fingerprint density at radius 3 is 2.15 bits per heavy atom. The van der Waals surface area contributed by atoms with E-state index >= 15 is 0 Å². The predicted molar refractivity (Wildman–Crippen MR) is 107 cm³/mol. The summed E-state index contributed by atoms with van der Waals surface area (Å²) < 4.78 is 0. The van der Waals surface area contributed by atoms with Gasteiger partial charge in [0.25, 0.3) is 0 Å². The van der Waals surface area contributed by atoms with Crippen LogP contribution in [0.2, 0.25) is 0 Å². The summed E-state index contributed by atoms with van der Waals surface area (Å²) in [7, 11) is 0. The van der Waals surface area contributed by atoms with Crippen LogP contribution in [0.3, 0.4) is 0 Å². The molecule has 0 radical (unpaired) electrons. The van der Waals surface area contributed by atoms with E-state index in [0.717, 1.165) is 24.7 Å². The Bertz CT molecular complexity index is 613. The smallest absolute Gasteiger partial charge is 0.239 e. The number of anilines is 2. The average Bonchev–Trinajstić information content (AvgIpc) is 2.64. The Labute approximate surface area is 157 Å². The minimum absolute atomic E-state index is 0.140. The van der Waals surface area contributed by atoms with Gasteiger partial charge in [0, 0.05) is 37.6 Å². The highest BCUT2D eigenvalue weighted by molar-refractivity contribution is 6.09. The Hall–Kier alpha value is -2.04. The van der Waals surface area contributed by atoms with Gasteiger partial charge in [-0.2, -0.15) is 0 Å². The zero-order valence-corrected chi connectivity index (χ0v) is 16.8. The van der Waals surface area contributed by atoms with E-state index in [1.54, 1.807) is 18.7 Å². The summed E-state index contributed by atoms with van der Waals surface area (Å²) in [5.41, 5.74) is 0.825. The quantitative estimate of drug-likeness (QED) is 0.787. The second-order valence-corrected chi connectivity index (χ2v) is 7.77. The van der Waals surface area contributed by atoms with Crippen molar-refractivity contribution in [2.45, 2.75) is 47.5 Å². The van der Waals surface area contributed by atoms with Crippen LogP contribution in [-0.4, -0.2) is 42.9 Å². The highest BCUT2D eigenvalue weighted by atomic mass is 16.2. The van der Waals surface area contributed by atoms with Crippen LogP contribution in [-0.2, 0) is 9.59 Å². The fourth-order valence-corrected chi connectivity index (χ4v) is 3.31. The molecule has 1 aliphatic heterocycles. The number of hydrogen-bond acceptors (Lipinski definition) is 3. The first kappa shape index (κ1) is 20.3. The van der Waals surface area contributed by atoms with Crippen LogP contribution in [0, 0.1) is 11.3 Å². The van der Waals surface area contributed by atoms with Gasteiger partial charge < -0.3 is 15.1 Å². The lowest BCUT2D eigenvalue weighted by Crippen LogP contribution is -2.47. The third kappa shape index (κ3) is 4.57. The Kier molecular flexibility index (Phi) is 6.68. The largest absolute Gasteiger partial charge is 0.372 e. The van der Waals surface area contributed by atoms with Crippen LogP contribution in [0.5, 0.6) is 0 Å². The van der Waals surface area contributed by atoms with E-state index in [4.69, 9.17) is 0 Å². The minimum atomic E-state index is -1.09. The van der Waals surface area contributed by atoms with Crippen LogP contribution >= 0.6 is 0 Å². The summed E-state index contributed by atoms with van der Waals surface area (Å²) in [4.78, 5) is 29.4. The van der Waals surface area contributed by atoms with Crippen molar-refractivity contribution < 1.29 is 9.59 Å². The molecule has 0 atom stereocenters. The summed E-state index contributed by atoms with van der Waals surface area (Å²) in [6.07, 6.45) is 2.44. The molecule has 0 aromatic heterocycles. The number of nitrogens with zero attached hydrogens (tertiary/aromatic N) is 2. The number of piperidine rings is 1. The van der Waals surface area contributed by atoms with Crippen molar-refractivity contribution >= 4 is 23.2 Å². The third-order valence-corrected chi connectivity index (χ3v) is 5.43. The van der Waals surface area contributed by atoms with Gasteiger partial charge in [-0.3, -0.25) is 9.59 Å². The molecule has 0 spiro atoms. The van der Waals surface area contributed by atoms with E-state index in [1.807, 2.05) is 38.1 Å². The molecule has 2 rings (SSSR count). The van der Waals surface area contributed by atoms with Gasteiger partial charge in [0.05, 0.1) is 0 Å². The van der Waals surface area contributed by atoms with Gasteiger partial charge >= 0.3 is 0 Å².